The molecule has 1 aromatic carbocycles. The summed E-state index contributed by atoms with van der Waals surface area (Å²) in [4.78, 5) is 39.5. The molecule has 3 amide bonds. The van der Waals surface area contributed by atoms with Crippen molar-refractivity contribution in [2.75, 3.05) is 26.8 Å². The lowest BCUT2D eigenvalue weighted by Crippen LogP contribution is -2.55. The number of ether oxygens (including phenoxy) is 1. The zero-order valence-corrected chi connectivity index (χ0v) is 18.0. The summed E-state index contributed by atoms with van der Waals surface area (Å²) >= 11 is 6.14. The van der Waals surface area contributed by atoms with Crippen molar-refractivity contribution in [2.24, 2.45) is 5.92 Å². The molecule has 0 aromatic heterocycles. The quantitative estimate of drug-likeness (QED) is 0.671. The second-order valence-corrected chi connectivity index (χ2v) is 7.81. The lowest BCUT2D eigenvalue weighted by Gasteiger charge is -2.36. The molecule has 8 heteroatoms. The van der Waals surface area contributed by atoms with Crippen LogP contribution in [0, 0.1) is 5.92 Å². The molecule has 2 rings (SSSR count). The highest BCUT2D eigenvalue weighted by molar-refractivity contribution is 6.33. The van der Waals surface area contributed by atoms with Crippen molar-refractivity contribution >= 4 is 29.3 Å². The van der Waals surface area contributed by atoms with Crippen molar-refractivity contribution in [3.05, 3.63) is 34.9 Å². The van der Waals surface area contributed by atoms with E-state index in [2.05, 4.69) is 10.6 Å². The Bertz CT molecular complexity index is 720. The number of likely N-dealkylation sites (tertiary alicyclic amines) is 1. The Morgan fingerprint density at radius 2 is 1.86 bits per heavy atom. The van der Waals surface area contributed by atoms with Crippen molar-refractivity contribution < 1.29 is 19.1 Å². The van der Waals surface area contributed by atoms with Crippen LogP contribution in [0.25, 0.3) is 0 Å². The van der Waals surface area contributed by atoms with Crippen LogP contribution in [0.5, 0.6) is 0 Å². The number of carbonyl (C=O) groups excluding carboxylic acids is 3. The molecule has 1 heterocycles. The molecule has 0 bridgehead atoms. The second kappa shape index (κ2) is 11.2. The maximum atomic E-state index is 12.9. The van der Waals surface area contributed by atoms with Gasteiger partial charge in [0.05, 0.1) is 10.6 Å². The van der Waals surface area contributed by atoms with E-state index in [4.69, 9.17) is 16.3 Å². The number of piperidine rings is 1. The fraction of sp³-hybridized carbons (Fsp3) is 0.571. The average Bonchev–Trinajstić information content (AvgIpc) is 2.72. The van der Waals surface area contributed by atoms with Crippen molar-refractivity contribution in [3.8, 4) is 0 Å². The average molecular weight is 424 g/mol. The molecule has 0 spiro atoms. The van der Waals surface area contributed by atoms with Crippen LogP contribution in [-0.4, -0.2) is 61.5 Å². The zero-order valence-electron chi connectivity index (χ0n) is 17.2. The summed E-state index contributed by atoms with van der Waals surface area (Å²) in [6.07, 6.45) is 2.04. The Hall–Kier alpha value is -2.12. The van der Waals surface area contributed by atoms with Crippen LogP contribution in [0.1, 0.15) is 43.5 Å². The highest BCUT2D eigenvalue weighted by Crippen LogP contribution is 2.23. The first-order chi connectivity index (χ1) is 13.9. The first kappa shape index (κ1) is 23.2. The van der Waals surface area contributed by atoms with Crippen LogP contribution >= 0.6 is 11.6 Å². The van der Waals surface area contributed by atoms with Gasteiger partial charge in [-0.25, -0.2) is 0 Å². The first-order valence-electron chi connectivity index (χ1n) is 9.99. The molecule has 0 radical (unpaired) electrons. The Kier molecular flexibility index (Phi) is 8.92. The summed E-state index contributed by atoms with van der Waals surface area (Å²) in [5.41, 5.74) is 0.336. The number of halogens is 1. The van der Waals surface area contributed by atoms with Gasteiger partial charge in [0.25, 0.3) is 5.91 Å². The SMILES string of the molecule is CC[C@@H](C)NC(=O)[C@H](NC(=O)c1ccccc1Cl)C1CCN(C(=O)COC)CC1. The van der Waals surface area contributed by atoms with Crippen LogP contribution in [-0.2, 0) is 14.3 Å². The second-order valence-electron chi connectivity index (χ2n) is 7.40. The van der Waals surface area contributed by atoms with Crippen LogP contribution in [0.2, 0.25) is 5.02 Å². The monoisotopic (exact) mass is 423 g/mol. The molecule has 0 unspecified atom stereocenters. The van der Waals surface area contributed by atoms with E-state index in [9.17, 15) is 14.4 Å². The molecule has 0 saturated carbocycles. The summed E-state index contributed by atoms with van der Waals surface area (Å²) in [6, 6.07) is 6.07. The number of benzene rings is 1. The van der Waals surface area contributed by atoms with Gasteiger partial charge in [-0.15, -0.1) is 0 Å². The topological polar surface area (TPSA) is 87.7 Å². The molecule has 1 saturated heterocycles. The summed E-state index contributed by atoms with van der Waals surface area (Å²) in [7, 11) is 1.49. The summed E-state index contributed by atoms with van der Waals surface area (Å²) in [5.74, 6) is -0.719. The van der Waals surface area contributed by atoms with Crippen molar-refractivity contribution in [1.29, 1.82) is 0 Å². The molecule has 29 heavy (non-hydrogen) atoms. The van der Waals surface area contributed by atoms with Crippen LogP contribution in [0.15, 0.2) is 24.3 Å². The summed E-state index contributed by atoms with van der Waals surface area (Å²) < 4.78 is 4.91. The van der Waals surface area contributed by atoms with Gasteiger partial charge in [-0.2, -0.15) is 0 Å². The van der Waals surface area contributed by atoms with E-state index in [1.165, 1.54) is 7.11 Å². The van der Waals surface area contributed by atoms with Gasteiger partial charge >= 0.3 is 0 Å². The third-order valence-corrected chi connectivity index (χ3v) is 5.65. The van der Waals surface area contributed by atoms with Crippen molar-refractivity contribution in [1.82, 2.24) is 15.5 Å². The smallest absolute Gasteiger partial charge is 0.253 e. The van der Waals surface area contributed by atoms with E-state index >= 15 is 0 Å². The molecule has 160 valence electrons. The first-order valence-corrected chi connectivity index (χ1v) is 10.4. The van der Waals surface area contributed by atoms with Crippen molar-refractivity contribution in [3.63, 3.8) is 0 Å². The van der Waals surface area contributed by atoms with Gasteiger partial charge in [-0.3, -0.25) is 14.4 Å². The van der Waals surface area contributed by atoms with E-state index < -0.39 is 6.04 Å². The summed E-state index contributed by atoms with van der Waals surface area (Å²) in [5, 5.41) is 6.18. The predicted molar refractivity (Wildman–Crippen MR) is 112 cm³/mol. The third-order valence-electron chi connectivity index (χ3n) is 5.32. The molecule has 0 aliphatic carbocycles. The number of methoxy groups -OCH3 is 1. The molecule has 2 atom stereocenters. The largest absolute Gasteiger partial charge is 0.375 e. The maximum absolute atomic E-state index is 12.9. The van der Waals surface area contributed by atoms with E-state index in [0.717, 1.165) is 6.42 Å². The fourth-order valence-electron chi connectivity index (χ4n) is 3.39. The highest BCUT2D eigenvalue weighted by atomic mass is 35.5. The number of hydrogen-bond acceptors (Lipinski definition) is 4. The van der Waals surface area contributed by atoms with Gasteiger partial charge < -0.3 is 20.3 Å². The van der Waals surface area contributed by atoms with Gasteiger partial charge in [-0.1, -0.05) is 30.7 Å². The van der Waals surface area contributed by atoms with Crippen molar-refractivity contribution in [2.45, 2.75) is 45.2 Å². The Morgan fingerprint density at radius 3 is 2.45 bits per heavy atom. The minimum Gasteiger partial charge on any atom is -0.375 e. The van der Waals surface area contributed by atoms with Gasteiger partial charge in [0.2, 0.25) is 11.8 Å². The van der Waals surface area contributed by atoms with Gasteiger partial charge in [0.1, 0.15) is 12.6 Å². The van der Waals surface area contributed by atoms with E-state index in [1.54, 1.807) is 29.2 Å². The molecular formula is C21H30ClN3O4. The molecule has 1 aliphatic rings. The Balaban J connectivity index is 2.11. The maximum Gasteiger partial charge on any atom is 0.253 e. The Labute approximate surface area is 177 Å². The molecule has 2 N–H and O–H groups in total. The molecule has 1 fully saturated rings. The number of nitrogens with one attached hydrogen (secondary N) is 2. The number of rotatable bonds is 8. The van der Waals surface area contributed by atoms with Gasteiger partial charge in [0.15, 0.2) is 0 Å². The van der Waals surface area contributed by atoms with Crippen LogP contribution in [0.4, 0.5) is 0 Å². The van der Waals surface area contributed by atoms with E-state index in [1.807, 2.05) is 13.8 Å². The molecule has 1 aromatic rings. The van der Waals surface area contributed by atoms with Gasteiger partial charge in [-0.05, 0) is 44.2 Å². The van der Waals surface area contributed by atoms with Crippen LogP contribution < -0.4 is 10.6 Å². The zero-order chi connectivity index (χ0) is 21.4. The van der Waals surface area contributed by atoms with Crippen LogP contribution in [0.3, 0.4) is 0 Å². The number of nitrogens with zero attached hydrogens (tertiary/aromatic N) is 1. The highest BCUT2D eigenvalue weighted by Gasteiger charge is 2.34. The van der Waals surface area contributed by atoms with Gasteiger partial charge in [0, 0.05) is 26.2 Å². The molecule has 1 aliphatic heterocycles. The number of carbonyl (C=O) groups is 3. The molecular weight excluding hydrogens is 394 g/mol. The fourth-order valence-corrected chi connectivity index (χ4v) is 3.62. The van der Waals surface area contributed by atoms with E-state index in [0.29, 0.717) is 36.5 Å². The van der Waals surface area contributed by atoms with E-state index in [-0.39, 0.29) is 36.3 Å². The molecule has 7 nitrogen and oxygen atoms in total. The lowest BCUT2D eigenvalue weighted by atomic mass is 9.88. The Morgan fingerprint density at radius 1 is 1.21 bits per heavy atom. The predicted octanol–water partition coefficient (Wildman–Crippen LogP) is 2.24. The minimum absolute atomic E-state index is 0.00517. The summed E-state index contributed by atoms with van der Waals surface area (Å²) in [6.45, 7) is 5.02. The number of hydrogen-bond donors (Lipinski definition) is 2. The third kappa shape index (κ3) is 6.44. The lowest BCUT2D eigenvalue weighted by molar-refractivity contribution is -0.136. The minimum atomic E-state index is -0.688. The number of amides is 3. The normalized spacial score (nSPS) is 16.8. The standard InChI is InChI=1S/C21H30ClN3O4/c1-4-14(2)23-21(28)19(24-20(27)16-7-5-6-8-17(16)22)15-9-11-25(12-10-15)18(26)13-29-3/h5-8,14-15,19H,4,9-13H2,1-3H3,(H,23,28)(H,24,27)/t14-,19-/m1/s1.